The Morgan fingerprint density at radius 2 is 1.58 bits per heavy atom. The molecule has 3 heterocycles. The van der Waals surface area contributed by atoms with Crippen LogP contribution in [0.1, 0.15) is 27.9 Å². The van der Waals surface area contributed by atoms with Gasteiger partial charge in [-0.1, -0.05) is 66.7 Å². The molecule has 0 unspecified atom stereocenters. The van der Waals surface area contributed by atoms with E-state index in [1.54, 1.807) is 36.2 Å². The topological polar surface area (TPSA) is 144 Å². The van der Waals surface area contributed by atoms with Crippen molar-refractivity contribution in [3.63, 3.8) is 0 Å². The number of carbonyl (C=O) groups is 5. The number of para-hydroxylation sites is 1. The molecule has 3 atom stereocenters. The van der Waals surface area contributed by atoms with E-state index in [2.05, 4.69) is 15.6 Å². The Bertz CT molecular complexity index is 2200. The van der Waals surface area contributed by atoms with Gasteiger partial charge in [0, 0.05) is 55.9 Å². The van der Waals surface area contributed by atoms with E-state index in [-0.39, 0.29) is 62.8 Å². The maximum absolute atomic E-state index is 14.0. The minimum Gasteiger partial charge on any atom is -0.491 e. The van der Waals surface area contributed by atoms with E-state index in [0.29, 0.717) is 17.7 Å². The van der Waals surface area contributed by atoms with E-state index >= 15 is 0 Å². The van der Waals surface area contributed by atoms with Gasteiger partial charge >= 0.3 is 0 Å². The molecule has 272 valence electrons. The minimum absolute atomic E-state index is 0.0250. The average molecular weight is 715 g/mol. The van der Waals surface area contributed by atoms with Crippen molar-refractivity contribution in [2.75, 3.05) is 40.3 Å². The summed E-state index contributed by atoms with van der Waals surface area (Å²) in [5.41, 5.74) is 2.96. The third kappa shape index (κ3) is 8.01. The number of rotatable bonds is 6. The number of likely N-dealkylation sites (N-methyl/N-ethyl adjacent to an activating group) is 2. The van der Waals surface area contributed by atoms with E-state index in [1.165, 1.54) is 16.8 Å². The fourth-order valence-electron chi connectivity index (χ4n) is 7.31. The van der Waals surface area contributed by atoms with Gasteiger partial charge in [0.05, 0.1) is 25.4 Å². The molecule has 1 saturated heterocycles. The third-order valence-electron chi connectivity index (χ3n) is 10.0. The maximum Gasteiger partial charge on any atom is 0.253 e. The zero-order chi connectivity index (χ0) is 37.1. The molecule has 12 heteroatoms. The molecule has 12 nitrogen and oxygen atoms in total. The van der Waals surface area contributed by atoms with Gasteiger partial charge in [-0.2, -0.15) is 0 Å². The van der Waals surface area contributed by atoms with Gasteiger partial charge in [-0.25, -0.2) is 0 Å². The van der Waals surface area contributed by atoms with Crippen LogP contribution in [0.3, 0.4) is 0 Å². The molecular formula is C41H42N6O6. The summed E-state index contributed by atoms with van der Waals surface area (Å²) in [7, 11) is 3.08. The summed E-state index contributed by atoms with van der Waals surface area (Å²) in [5.74, 6) is -1.29. The standard InChI is InChI=1S/C41H42N6O6/c1-45-23-36(44-37(48)17-26-14-15-27-8-3-4-9-28(27)16-26)41(52)46(2)24-39(50)47-22-31(20-32(47)25-53-33-11-7-10-29(18-33)40(45)51)43-38(49)19-30-21-42-35-13-6-5-12-34(30)35/h3-16,18,21,31-32,36,42H,17,19-20,22-25H2,1-2H3,(H,43,49)(H,44,48)/t31-,32-,36-/m0/s1. The summed E-state index contributed by atoms with van der Waals surface area (Å²) in [5, 5.41) is 8.96. The molecular weight excluding hydrogens is 672 g/mol. The molecule has 0 saturated carbocycles. The monoisotopic (exact) mass is 714 g/mol. The van der Waals surface area contributed by atoms with Gasteiger partial charge in [0.25, 0.3) is 5.91 Å². The molecule has 2 aliphatic heterocycles. The normalized spacial score (nSPS) is 19.8. The number of nitrogens with one attached hydrogen (secondary N) is 3. The second-order valence-corrected chi connectivity index (χ2v) is 13.9. The highest BCUT2D eigenvalue weighted by Crippen LogP contribution is 2.24. The Labute approximate surface area is 307 Å². The number of H-pyrrole nitrogens is 1. The van der Waals surface area contributed by atoms with E-state index < -0.39 is 23.9 Å². The lowest BCUT2D eigenvalue weighted by atomic mass is 10.0. The number of aromatic amines is 1. The van der Waals surface area contributed by atoms with Crippen molar-refractivity contribution in [2.45, 2.75) is 37.4 Å². The first kappa shape index (κ1) is 35.2. The van der Waals surface area contributed by atoms with E-state index in [4.69, 9.17) is 4.74 Å². The predicted octanol–water partition coefficient (Wildman–Crippen LogP) is 3.30. The lowest BCUT2D eigenvalue weighted by molar-refractivity contribution is -0.142. The van der Waals surface area contributed by atoms with Crippen molar-refractivity contribution in [1.29, 1.82) is 0 Å². The minimum atomic E-state index is -1.12. The number of ether oxygens (including phenoxy) is 1. The molecule has 7 rings (SSSR count). The van der Waals surface area contributed by atoms with Crippen LogP contribution in [0, 0.1) is 0 Å². The van der Waals surface area contributed by atoms with Crippen molar-refractivity contribution < 1.29 is 28.7 Å². The number of carbonyl (C=O) groups excluding carboxylic acids is 5. The predicted molar refractivity (Wildman–Crippen MR) is 200 cm³/mol. The molecule has 5 aromatic rings. The summed E-state index contributed by atoms with van der Waals surface area (Å²) in [6, 6.07) is 26.3. The third-order valence-corrected chi connectivity index (χ3v) is 10.0. The fourth-order valence-corrected chi connectivity index (χ4v) is 7.31. The Hall–Kier alpha value is -6.17. The maximum atomic E-state index is 14.0. The highest BCUT2D eigenvalue weighted by Gasteiger charge is 2.38. The number of hydrogen-bond donors (Lipinski definition) is 3. The van der Waals surface area contributed by atoms with Gasteiger partial charge in [-0.3, -0.25) is 24.0 Å². The summed E-state index contributed by atoms with van der Waals surface area (Å²) in [6.45, 7) is -0.0315. The van der Waals surface area contributed by atoms with Crippen molar-refractivity contribution in [3.05, 3.63) is 114 Å². The zero-order valence-corrected chi connectivity index (χ0v) is 29.7. The van der Waals surface area contributed by atoms with E-state index in [9.17, 15) is 24.0 Å². The van der Waals surface area contributed by atoms with Crippen LogP contribution in [-0.4, -0.2) is 108 Å². The number of benzene rings is 4. The number of hydrogen-bond acceptors (Lipinski definition) is 6. The van der Waals surface area contributed by atoms with Gasteiger partial charge in [0.1, 0.15) is 18.4 Å². The molecule has 0 spiro atoms. The van der Waals surface area contributed by atoms with Crippen LogP contribution in [0.15, 0.2) is 97.2 Å². The zero-order valence-electron chi connectivity index (χ0n) is 29.7. The molecule has 1 aromatic heterocycles. The lowest BCUT2D eigenvalue weighted by Gasteiger charge is -2.30. The lowest BCUT2D eigenvalue weighted by Crippen LogP contribution is -2.55. The Kier molecular flexibility index (Phi) is 10.1. The largest absolute Gasteiger partial charge is 0.491 e. The fraction of sp³-hybridized carbons (Fsp3) is 0.293. The van der Waals surface area contributed by atoms with Crippen LogP contribution in [0.2, 0.25) is 0 Å². The van der Waals surface area contributed by atoms with Gasteiger partial charge in [-0.15, -0.1) is 0 Å². The molecule has 0 aliphatic carbocycles. The first-order chi connectivity index (χ1) is 25.6. The molecule has 0 radical (unpaired) electrons. The smallest absolute Gasteiger partial charge is 0.253 e. The van der Waals surface area contributed by atoms with Crippen LogP contribution in [-0.2, 0) is 32.0 Å². The summed E-state index contributed by atoms with van der Waals surface area (Å²) in [6.07, 6.45) is 2.48. The second kappa shape index (κ2) is 15.2. The highest BCUT2D eigenvalue weighted by atomic mass is 16.5. The molecule has 5 amide bonds. The van der Waals surface area contributed by atoms with Crippen molar-refractivity contribution in [2.24, 2.45) is 0 Å². The quantitative estimate of drug-likeness (QED) is 0.246. The Balaban J connectivity index is 1.08. The van der Waals surface area contributed by atoms with Crippen LogP contribution in [0.4, 0.5) is 0 Å². The van der Waals surface area contributed by atoms with Crippen LogP contribution in [0.25, 0.3) is 21.7 Å². The average Bonchev–Trinajstić information content (AvgIpc) is 3.76. The van der Waals surface area contributed by atoms with Crippen molar-refractivity contribution >= 4 is 51.2 Å². The second-order valence-electron chi connectivity index (χ2n) is 13.9. The summed E-state index contributed by atoms with van der Waals surface area (Å²) < 4.78 is 6.14. The number of aromatic nitrogens is 1. The molecule has 53 heavy (non-hydrogen) atoms. The number of amides is 5. The van der Waals surface area contributed by atoms with Crippen LogP contribution in [0.5, 0.6) is 5.75 Å². The van der Waals surface area contributed by atoms with Gasteiger partial charge < -0.3 is 35.1 Å². The van der Waals surface area contributed by atoms with Crippen molar-refractivity contribution in [1.82, 2.24) is 30.3 Å². The highest BCUT2D eigenvalue weighted by molar-refractivity contribution is 5.96. The van der Waals surface area contributed by atoms with Crippen molar-refractivity contribution in [3.8, 4) is 5.75 Å². The Morgan fingerprint density at radius 1 is 0.811 bits per heavy atom. The van der Waals surface area contributed by atoms with Crippen LogP contribution >= 0.6 is 0 Å². The summed E-state index contributed by atoms with van der Waals surface area (Å²) >= 11 is 0. The molecule has 4 aromatic carbocycles. The van der Waals surface area contributed by atoms with Gasteiger partial charge in [0.2, 0.25) is 23.6 Å². The molecule has 3 N–H and O–H groups in total. The molecule has 1 fully saturated rings. The van der Waals surface area contributed by atoms with E-state index in [1.807, 2.05) is 72.9 Å². The first-order valence-electron chi connectivity index (χ1n) is 17.8. The molecule has 2 aliphatic rings. The Morgan fingerprint density at radius 3 is 2.43 bits per heavy atom. The number of fused-ring (bicyclic) bond motifs is 5. The van der Waals surface area contributed by atoms with Crippen LogP contribution < -0.4 is 15.4 Å². The molecule has 2 bridgehead atoms. The van der Waals surface area contributed by atoms with Gasteiger partial charge in [0.15, 0.2) is 0 Å². The first-order valence-corrected chi connectivity index (χ1v) is 17.8. The van der Waals surface area contributed by atoms with E-state index in [0.717, 1.165) is 32.8 Å². The van der Waals surface area contributed by atoms with Gasteiger partial charge in [-0.05, 0) is 52.6 Å². The number of nitrogens with zero attached hydrogens (tertiary/aromatic N) is 3. The summed E-state index contributed by atoms with van der Waals surface area (Å²) in [4.78, 5) is 75.6. The SMILES string of the molecule is CN1C[C@H](NC(=O)Cc2ccc3ccccc3c2)C(=O)N(C)CC(=O)N2C[C@@H](NC(=O)Cc3c[nH]c4ccccc34)C[C@H]2COc2cccc(c2)C1=O.